The molecule has 116 valence electrons. The van der Waals surface area contributed by atoms with E-state index in [2.05, 4.69) is 0 Å². The first-order valence-electron chi connectivity index (χ1n) is 6.16. The lowest BCUT2D eigenvalue weighted by molar-refractivity contribution is -0.387. The molecule has 1 aromatic rings. The van der Waals surface area contributed by atoms with Gasteiger partial charge in [-0.2, -0.15) is 0 Å². The molecule has 9 nitrogen and oxygen atoms in total. The van der Waals surface area contributed by atoms with Gasteiger partial charge in [0.05, 0.1) is 11.5 Å². The first-order valence-corrected chi connectivity index (χ1v) is 6.16. The first kappa shape index (κ1) is 15.6. The zero-order valence-corrected chi connectivity index (χ0v) is 10.8. The number of benzene rings is 1. The van der Waals surface area contributed by atoms with Crippen molar-refractivity contribution in [1.82, 2.24) is 0 Å². The molecule has 2 rings (SSSR count). The minimum atomic E-state index is -1.62. The van der Waals surface area contributed by atoms with E-state index in [9.17, 15) is 25.4 Å². The number of hydrogen-bond donors (Lipinski definition) is 4. The minimum Gasteiger partial charge on any atom is -0.455 e. The van der Waals surface area contributed by atoms with Crippen molar-refractivity contribution in [3.8, 4) is 5.75 Å². The first-order chi connectivity index (χ1) is 9.95. The molecule has 4 N–H and O–H groups in total. The Morgan fingerprint density at radius 2 is 1.86 bits per heavy atom. The summed E-state index contributed by atoms with van der Waals surface area (Å²) in [7, 11) is 0. The smallest absolute Gasteiger partial charge is 0.311 e. The number of rotatable bonds is 4. The number of nitro groups is 1. The fourth-order valence-corrected chi connectivity index (χ4v) is 2.00. The molecule has 1 heterocycles. The molecule has 0 saturated carbocycles. The van der Waals surface area contributed by atoms with Gasteiger partial charge in [-0.3, -0.25) is 10.1 Å². The summed E-state index contributed by atoms with van der Waals surface area (Å²) in [6, 6.07) is 5.45. The molecule has 0 amide bonds. The Balaban J connectivity index is 2.20. The highest BCUT2D eigenvalue weighted by atomic mass is 16.7. The molecule has 1 fully saturated rings. The Morgan fingerprint density at radius 3 is 2.48 bits per heavy atom. The maximum atomic E-state index is 10.9. The number of aliphatic hydroxyl groups is 4. The van der Waals surface area contributed by atoms with E-state index in [-0.39, 0.29) is 11.4 Å². The molecule has 9 heteroatoms. The number of hydrogen-bond acceptors (Lipinski definition) is 8. The van der Waals surface area contributed by atoms with Crippen molar-refractivity contribution in [3.63, 3.8) is 0 Å². The van der Waals surface area contributed by atoms with Crippen LogP contribution in [0.1, 0.15) is 0 Å². The molecular weight excluding hydrogens is 286 g/mol. The van der Waals surface area contributed by atoms with E-state index >= 15 is 0 Å². The average Bonchev–Trinajstić information content (AvgIpc) is 2.48. The van der Waals surface area contributed by atoms with Gasteiger partial charge in [-0.1, -0.05) is 12.1 Å². The molecule has 0 bridgehead atoms. The second-order valence-corrected chi connectivity index (χ2v) is 4.54. The lowest BCUT2D eigenvalue weighted by Gasteiger charge is -2.39. The largest absolute Gasteiger partial charge is 0.455 e. The van der Waals surface area contributed by atoms with E-state index in [1.54, 1.807) is 0 Å². The monoisotopic (exact) mass is 301 g/mol. The number of nitrogens with zero attached hydrogens (tertiary/aromatic N) is 1. The van der Waals surface area contributed by atoms with Crippen LogP contribution < -0.4 is 4.74 Å². The van der Waals surface area contributed by atoms with E-state index in [0.29, 0.717) is 0 Å². The summed E-state index contributed by atoms with van der Waals surface area (Å²) in [5, 5.41) is 49.0. The summed E-state index contributed by atoms with van der Waals surface area (Å²) >= 11 is 0. The van der Waals surface area contributed by atoms with Crippen molar-refractivity contribution >= 4 is 5.69 Å². The van der Waals surface area contributed by atoms with Crippen LogP contribution in [-0.2, 0) is 4.74 Å². The quantitative estimate of drug-likeness (QED) is 0.400. The van der Waals surface area contributed by atoms with Crippen LogP contribution in [0.25, 0.3) is 0 Å². The topological polar surface area (TPSA) is 143 Å². The molecule has 1 aliphatic rings. The van der Waals surface area contributed by atoms with Gasteiger partial charge in [0.15, 0.2) is 5.75 Å². The highest BCUT2D eigenvalue weighted by Gasteiger charge is 2.45. The van der Waals surface area contributed by atoms with E-state index in [1.165, 1.54) is 24.3 Å². The van der Waals surface area contributed by atoms with E-state index in [0.717, 1.165) is 0 Å². The molecule has 1 saturated heterocycles. The normalized spacial score (nSPS) is 32.7. The van der Waals surface area contributed by atoms with Gasteiger partial charge in [-0.25, -0.2) is 0 Å². The van der Waals surface area contributed by atoms with Crippen LogP contribution in [0, 0.1) is 10.1 Å². The van der Waals surface area contributed by atoms with Gasteiger partial charge in [0, 0.05) is 6.07 Å². The van der Waals surface area contributed by atoms with Crippen LogP contribution in [0.4, 0.5) is 5.69 Å². The van der Waals surface area contributed by atoms with Gasteiger partial charge >= 0.3 is 5.69 Å². The van der Waals surface area contributed by atoms with Gasteiger partial charge in [-0.15, -0.1) is 0 Å². The molecule has 0 unspecified atom stereocenters. The second-order valence-electron chi connectivity index (χ2n) is 4.54. The van der Waals surface area contributed by atoms with Crippen molar-refractivity contribution in [2.75, 3.05) is 6.61 Å². The van der Waals surface area contributed by atoms with Gasteiger partial charge in [0.2, 0.25) is 6.29 Å². The summed E-state index contributed by atoms with van der Waals surface area (Å²) in [4.78, 5) is 10.2. The number of aliphatic hydroxyl groups excluding tert-OH is 4. The van der Waals surface area contributed by atoms with Gasteiger partial charge in [-0.05, 0) is 6.07 Å². The van der Waals surface area contributed by atoms with E-state index in [4.69, 9.17) is 14.6 Å². The second kappa shape index (κ2) is 6.33. The summed E-state index contributed by atoms with van der Waals surface area (Å²) in [6.07, 6.45) is -7.35. The molecule has 5 atom stereocenters. The lowest BCUT2D eigenvalue weighted by atomic mass is 9.99. The summed E-state index contributed by atoms with van der Waals surface area (Å²) in [5.74, 6) is -0.160. The van der Waals surface area contributed by atoms with Crippen molar-refractivity contribution < 1.29 is 34.8 Å². The van der Waals surface area contributed by atoms with Crippen molar-refractivity contribution in [2.24, 2.45) is 0 Å². The third kappa shape index (κ3) is 3.12. The Labute approximate surface area is 119 Å². The molecular formula is C12H15NO8. The Morgan fingerprint density at radius 1 is 1.19 bits per heavy atom. The zero-order chi connectivity index (χ0) is 15.6. The maximum absolute atomic E-state index is 10.9. The SMILES string of the molecule is O=[N+]([O-])c1ccccc1O[C@@H]1O[C@H](CO)[C@@H](O)[C@H](O)[C@@H]1O. The number of para-hydroxylation sites is 2. The molecule has 0 spiro atoms. The van der Waals surface area contributed by atoms with Crippen LogP contribution in [0.15, 0.2) is 24.3 Å². The van der Waals surface area contributed by atoms with Crippen LogP contribution >= 0.6 is 0 Å². The van der Waals surface area contributed by atoms with Crippen LogP contribution in [0.2, 0.25) is 0 Å². The van der Waals surface area contributed by atoms with Crippen LogP contribution in [0.3, 0.4) is 0 Å². The molecule has 0 aromatic heterocycles. The summed E-state index contributed by atoms with van der Waals surface area (Å²) in [6.45, 7) is -0.609. The highest BCUT2D eigenvalue weighted by Crippen LogP contribution is 2.30. The molecule has 0 aliphatic carbocycles. The van der Waals surface area contributed by atoms with Gasteiger partial charge in [0.25, 0.3) is 0 Å². The van der Waals surface area contributed by atoms with Gasteiger partial charge in [0.1, 0.15) is 24.4 Å². The lowest BCUT2D eigenvalue weighted by Crippen LogP contribution is -2.60. The molecule has 0 radical (unpaired) electrons. The predicted molar refractivity (Wildman–Crippen MR) is 67.5 cm³/mol. The third-order valence-corrected chi connectivity index (χ3v) is 3.15. The summed E-state index contributed by atoms with van der Waals surface area (Å²) in [5.41, 5.74) is -0.338. The summed E-state index contributed by atoms with van der Waals surface area (Å²) < 4.78 is 10.3. The standard InChI is InChI=1S/C12H15NO8/c14-5-8-9(15)10(16)11(17)12(21-8)20-7-4-2-1-3-6(7)13(18)19/h1-4,8-12,14-17H,5H2/t8-,9-,10+,11+,12-/m1/s1. The Kier molecular flexibility index (Phi) is 4.70. The Hall–Kier alpha value is -1.78. The van der Waals surface area contributed by atoms with E-state index < -0.39 is 42.2 Å². The van der Waals surface area contributed by atoms with Gasteiger partial charge < -0.3 is 29.9 Å². The van der Waals surface area contributed by atoms with Crippen LogP contribution in [-0.4, -0.2) is 62.7 Å². The number of nitro benzene ring substituents is 1. The average molecular weight is 301 g/mol. The highest BCUT2D eigenvalue weighted by molar-refractivity contribution is 5.45. The van der Waals surface area contributed by atoms with Crippen molar-refractivity contribution in [2.45, 2.75) is 30.7 Å². The molecule has 1 aliphatic heterocycles. The number of ether oxygens (including phenoxy) is 2. The predicted octanol–water partition coefficient (Wildman–Crippen LogP) is -1.23. The minimum absolute atomic E-state index is 0.160. The van der Waals surface area contributed by atoms with Crippen LogP contribution in [0.5, 0.6) is 5.75 Å². The van der Waals surface area contributed by atoms with Crippen molar-refractivity contribution in [1.29, 1.82) is 0 Å². The Bertz CT molecular complexity index is 508. The fraction of sp³-hybridized carbons (Fsp3) is 0.500. The van der Waals surface area contributed by atoms with E-state index in [1.807, 2.05) is 0 Å². The zero-order valence-electron chi connectivity index (χ0n) is 10.8. The molecule has 1 aromatic carbocycles. The maximum Gasteiger partial charge on any atom is 0.311 e. The third-order valence-electron chi connectivity index (χ3n) is 3.15. The molecule has 21 heavy (non-hydrogen) atoms. The van der Waals surface area contributed by atoms with Crippen molar-refractivity contribution in [3.05, 3.63) is 34.4 Å². The fourth-order valence-electron chi connectivity index (χ4n) is 2.00.